The Balaban J connectivity index is 2.34. The number of allylic oxidation sites excluding steroid dienone is 2. The molecule has 13 heavy (non-hydrogen) atoms. The van der Waals surface area contributed by atoms with Gasteiger partial charge in [0, 0.05) is 5.57 Å². The Morgan fingerprint density at radius 2 is 2.38 bits per heavy atom. The predicted molar refractivity (Wildman–Crippen MR) is 52.2 cm³/mol. The molecule has 2 nitrogen and oxygen atoms in total. The van der Waals surface area contributed by atoms with Crippen molar-refractivity contribution >= 4 is 5.97 Å². The second-order valence-corrected chi connectivity index (χ2v) is 3.12. The lowest BCUT2D eigenvalue weighted by Gasteiger charge is -2.07. The second kappa shape index (κ2) is 4.65. The van der Waals surface area contributed by atoms with Gasteiger partial charge < -0.3 is 4.74 Å². The first kappa shape index (κ1) is 9.78. The van der Waals surface area contributed by atoms with Crippen molar-refractivity contribution in [3.63, 3.8) is 0 Å². The third-order valence-electron chi connectivity index (χ3n) is 1.79. The van der Waals surface area contributed by atoms with E-state index >= 15 is 0 Å². The summed E-state index contributed by atoms with van der Waals surface area (Å²) >= 11 is 0. The van der Waals surface area contributed by atoms with Crippen LogP contribution in [0, 0.1) is 0 Å². The van der Waals surface area contributed by atoms with Crippen LogP contribution in [0.4, 0.5) is 0 Å². The molecule has 0 saturated heterocycles. The van der Waals surface area contributed by atoms with E-state index in [0.717, 1.165) is 18.4 Å². The van der Waals surface area contributed by atoms with Crippen LogP contribution in [0.15, 0.2) is 36.0 Å². The van der Waals surface area contributed by atoms with E-state index in [1.165, 1.54) is 0 Å². The van der Waals surface area contributed by atoms with E-state index in [-0.39, 0.29) is 5.97 Å². The van der Waals surface area contributed by atoms with Crippen LogP contribution in [0.2, 0.25) is 0 Å². The third-order valence-corrected chi connectivity index (χ3v) is 1.79. The lowest BCUT2D eigenvalue weighted by molar-refractivity contribution is -0.137. The van der Waals surface area contributed by atoms with E-state index in [2.05, 4.69) is 18.7 Å². The zero-order valence-corrected chi connectivity index (χ0v) is 7.88. The molecule has 0 aromatic heterocycles. The number of ether oxygens (including phenoxy) is 1. The predicted octanol–water partition coefficient (Wildman–Crippen LogP) is 2.38. The summed E-state index contributed by atoms with van der Waals surface area (Å²) in [6.07, 6.45) is 8.29. The van der Waals surface area contributed by atoms with Gasteiger partial charge in [-0.2, -0.15) is 0 Å². The highest BCUT2D eigenvalue weighted by atomic mass is 16.5. The summed E-state index contributed by atoms with van der Waals surface area (Å²) in [5.41, 5.74) is 1.52. The standard InChI is InChI=1S/C11H14O2/c1-9(2)11(12)13-8-10-6-4-3-5-7-10/h4,6-7H,1,3,5,8H2,2H3. The third kappa shape index (κ3) is 3.28. The number of carbonyl (C=O) groups excluding carboxylic acids is 1. The zero-order valence-electron chi connectivity index (χ0n) is 7.88. The molecule has 0 unspecified atom stereocenters. The molecule has 0 atom stereocenters. The van der Waals surface area contributed by atoms with Crippen LogP contribution in [-0.2, 0) is 9.53 Å². The molecule has 2 heteroatoms. The van der Waals surface area contributed by atoms with Gasteiger partial charge in [-0.1, -0.05) is 24.8 Å². The molecule has 1 rings (SSSR count). The van der Waals surface area contributed by atoms with Crippen LogP contribution in [-0.4, -0.2) is 12.6 Å². The van der Waals surface area contributed by atoms with Crippen molar-refractivity contribution in [2.45, 2.75) is 19.8 Å². The van der Waals surface area contributed by atoms with Crippen LogP contribution in [0.25, 0.3) is 0 Å². The molecule has 1 aliphatic carbocycles. The smallest absolute Gasteiger partial charge is 0.333 e. The molecule has 0 fully saturated rings. The minimum absolute atomic E-state index is 0.320. The molecule has 0 aliphatic heterocycles. The first-order chi connectivity index (χ1) is 6.20. The Labute approximate surface area is 78.6 Å². The normalized spacial score (nSPS) is 15.0. The van der Waals surface area contributed by atoms with E-state index in [1.54, 1.807) is 6.92 Å². The summed E-state index contributed by atoms with van der Waals surface area (Å²) in [6, 6.07) is 0. The molecule has 0 saturated carbocycles. The SMILES string of the molecule is C=C(C)C(=O)OCC1=CCCC=C1. The molecular formula is C11H14O2. The highest BCUT2D eigenvalue weighted by Crippen LogP contribution is 2.10. The summed E-state index contributed by atoms with van der Waals surface area (Å²) < 4.78 is 4.98. The molecule has 0 spiro atoms. The van der Waals surface area contributed by atoms with Gasteiger partial charge >= 0.3 is 5.97 Å². The Kier molecular flexibility index (Phi) is 3.50. The van der Waals surface area contributed by atoms with E-state index in [4.69, 9.17) is 4.74 Å². The largest absolute Gasteiger partial charge is 0.457 e. The van der Waals surface area contributed by atoms with Crippen LogP contribution in [0.3, 0.4) is 0 Å². The van der Waals surface area contributed by atoms with E-state index in [0.29, 0.717) is 12.2 Å². The number of hydrogen-bond acceptors (Lipinski definition) is 2. The monoisotopic (exact) mass is 178 g/mol. The first-order valence-corrected chi connectivity index (χ1v) is 4.38. The molecule has 0 N–H and O–H groups in total. The van der Waals surface area contributed by atoms with Crippen molar-refractivity contribution in [3.05, 3.63) is 36.0 Å². The fourth-order valence-corrected chi connectivity index (χ4v) is 1.05. The van der Waals surface area contributed by atoms with Gasteiger partial charge in [0.05, 0.1) is 0 Å². The maximum absolute atomic E-state index is 11.0. The Morgan fingerprint density at radius 1 is 1.62 bits per heavy atom. The van der Waals surface area contributed by atoms with Crippen molar-refractivity contribution in [2.24, 2.45) is 0 Å². The van der Waals surface area contributed by atoms with Crippen molar-refractivity contribution in [1.29, 1.82) is 0 Å². The van der Waals surface area contributed by atoms with Gasteiger partial charge in [0.2, 0.25) is 0 Å². The summed E-state index contributed by atoms with van der Waals surface area (Å²) in [7, 11) is 0. The summed E-state index contributed by atoms with van der Waals surface area (Å²) in [6.45, 7) is 5.52. The second-order valence-electron chi connectivity index (χ2n) is 3.12. The molecule has 0 radical (unpaired) electrons. The summed E-state index contributed by atoms with van der Waals surface area (Å²) in [4.78, 5) is 11.0. The summed E-state index contributed by atoms with van der Waals surface area (Å²) in [5.74, 6) is -0.320. The Bertz CT molecular complexity index is 272. The average Bonchev–Trinajstić information content (AvgIpc) is 2.15. The van der Waals surface area contributed by atoms with Gasteiger partial charge in [0.1, 0.15) is 6.61 Å². The first-order valence-electron chi connectivity index (χ1n) is 4.38. The highest BCUT2D eigenvalue weighted by Gasteiger charge is 2.04. The van der Waals surface area contributed by atoms with Gasteiger partial charge in [-0.05, 0) is 25.3 Å². The number of rotatable bonds is 3. The van der Waals surface area contributed by atoms with Crippen molar-refractivity contribution in [2.75, 3.05) is 6.61 Å². The minimum Gasteiger partial charge on any atom is -0.457 e. The maximum Gasteiger partial charge on any atom is 0.333 e. The van der Waals surface area contributed by atoms with E-state index in [9.17, 15) is 4.79 Å². The zero-order chi connectivity index (χ0) is 9.68. The van der Waals surface area contributed by atoms with Crippen LogP contribution in [0.1, 0.15) is 19.8 Å². The topological polar surface area (TPSA) is 26.3 Å². The molecule has 0 heterocycles. The van der Waals surface area contributed by atoms with Gasteiger partial charge in [0.15, 0.2) is 0 Å². The molecule has 1 aliphatic rings. The summed E-state index contributed by atoms with van der Waals surface area (Å²) in [5, 5.41) is 0. The maximum atomic E-state index is 11.0. The van der Waals surface area contributed by atoms with E-state index < -0.39 is 0 Å². The Hall–Kier alpha value is -1.31. The lowest BCUT2D eigenvalue weighted by Crippen LogP contribution is -2.07. The van der Waals surface area contributed by atoms with Crippen LogP contribution in [0.5, 0.6) is 0 Å². The molecule has 70 valence electrons. The fraction of sp³-hybridized carbons (Fsp3) is 0.364. The average molecular weight is 178 g/mol. The lowest BCUT2D eigenvalue weighted by atomic mass is 10.1. The van der Waals surface area contributed by atoms with Crippen molar-refractivity contribution in [1.82, 2.24) is 0 Å². The van der Waals surface area contributed by atoms with Crippen molar-refractivity contribution < 1.29 is 9.53 Å². The fourth-order valence-electron chi connectivity index (χ4n) is 1.05. The number of esters is 1. The van der Waals surface area contributed by atoms with Crippen LogP contribution >= 0.6 is 0 Å². The quantitative estimate of drug-likeness (QED) is 0.490. The van der Waals surface area contributed by atoms with Gasteiger partial charge in [-0.25, -0.2) is 4.79 Å². The Morgan fingerprint density at radius 3 is 2.92 bits per heavy atom. The highest BCUT2D eigenvalue weighted by molar-refractivity contribution is 5.87. The minimum atomic E-state index is -0.320. The van der Waals surface area contributed by atoms with Gasteiger partial charge in [-0.3, -0.25) is 0 Å². The molecular weight excluding hydrogens is 164 g/mol. The number of carbonyl (C=O) groups is 1. The van der Waals surface area contributed by atoms with Crippen molar-refractivity contribution in [3.8, 4) is 0 Å². The molecule has 0 amide bonds. The van der Waals surface area contributed by atoms with Gasteiger partial charge in [-0.15, -0.1) is 0 Å². The van der Waals surface area contributed by atoms with Gasteiger partial charge in [0.25, 0.3) is 0 Å². The molecule has 0 aromatic carbocycles. The van der Waals surface area contributed by atoms with Crippen LogP contribution < -0.4 is 0 Å². The van der Waals surface area contributed by atoms with E-state index in [1.807, 2.05) is 6.08 Å². The molecule has 0 bridgehead atoms. The molecule has 0 aromatic rings. The number of hydrogen-bond donors (Lipinski definition) is 0.